The van der Waals surface area contributed by atoms with Crippen LogP contribution in [0, 0.1) is 0 Å². The Morgan fingerprint density at radius 1 is 1.21 bits per heavy atom. The van der Waals surface area contributed by atoms with Crippen molar-refractivity contribution in [1.29, 1.82) is 0 Å². The minimum atomic E-state index is 0.0829. The molecule has 2 N–H and O–H groups in total. The average molecular weight is 328 g/mol. The Hall–Kier alpha value is -2.83. The van der Waals surface area contributed by atoms with Crippen molar-refractivity contribution in [3.63, 3.8) is 0 Å². The molecule has 0 aliphatic heterocycles. The van der Waals surface area contributed by atoms with Crippen LogP contribution < -0.4 is 10.6 Å². The largest absolute Gasteiger partial charge is 0.356 e. The van der Waals surface area contributed by atoms with E-state index in [4.69, 9.17) is 0 Å². The van der Waals surface area contributed by atoms with Crippen molar-refractivity contribution < 1.29 is 4.79 Å². The highest BCUT2D eigenvalue weighted by atomic mass is 16.2. The summed E-state index contributed by atoms with van der Waals surface area (Å²) in [6.07, 6.45) is 2.36. The number of carbonyl (C=O) groups is 1. The molecule has 0 unspecified atom stereocenters. The third kappa shape index (κ3) is 5.12. The highest BCUT2D eigenvalue weighted by Crippen LogP contribution is 2.06. The van der Waals surface area contributed by atoms with Crippen LogP contribution in [0.2, 0.25) is 0 Å². The van der Waals surface area contributed by atoms with E-state index < -0.39 is 0 Å². The van der Waals surface area contributed by atoms with Crippen molar-refractivity contribution >= 4 is 11.9 Å². The fourth-order valence-corrected chi connectivity index (χ4v) is 2.09. The number of benzene rings is 1. The number of aromatic nitrogens is 2. The molecular weight excluding hydrogens is 304 g/mol. The predicted octanol–water partition coefficient (Wildman–Crippen LogP) is 1.02. The fourth-order valence-electron chi connectivity index (χ4n) is 2.09. The van der Waals surface area contributed by atoms with E-state index in [2.05, 4.69) is 20.7 Å². The molecule has 0 atom stereocenters. The van der Waals surface area contributed by atoms with Gasteiger partial charge in [-0.25, -0.2) is 4.68 Å². The number of carbonyl (C=O) groups excluding carboxylic acids is 1. The second-order valence-electron chi connectivity index (χ2n) is 5.48. The zero-order chi connectivity index (χ0) is 17.4. The molecule has 1 aromatic heterocycles. The highest BCUT2D eigenvalue weighted by molar-refractivity contribution is 5.81. The smallest absolute Gasteiger partial charge is 0.223 e. The van der Waals surface area contributed by atoms with Crippen molar-refractivity contribution in [3.05, 3.63) is 48.3 Å². The Labute approximate surface area is 142 Å². The Bertz CT molecular complexity index is 677. The second kappa shape index (κ2) is 8.71. The van der Waals surface area contributed by atoms with Crippen LogP contribution in [0.25, 0.3) is 5.69 Å². The lowest BCUT2D eigenvalue weighted by molar-refractivity contribution is -0.128. The van der Waals surface area contributed by atoms with E-state index in [1.165, 1.54) is 0 Å². The Kier molecular flexibility index (Phi) is 6.36. The molecule has 0 bridgehead atoms. The van der Waals surface area contributed by atoms with Crippen LogP contribution in [0.15, 0.2) is 47.6 Å². The third-order valence-electron chi connectivity index (χ3n) is 3.46. The van der Waals surface area contributed by atoms with E-state index in [-0.39, 0.29) is 5.91 Å². The maximum atomic E-state index is 11.5. The summed E-state index contributed by atoms with van der Waals surface area (Å²) >= 11 is 0. The number of nitrogens with one attached hydrogen (secondary N) is 2. The SMILES string of the molecule is CN=C(NCCC(=O)N(C)C)NCc1ccn(-c2ccccc2)n1. The van der Waals surface area contributed by atoms with Gasteiger partial charge in [-0.1, -0.05) is 18.2 Å². The average Bonchev–Trinajstić information content (AvgIpc) is 3.07. The molecule has 1 heterocycles. The monoisotopic (exact) mass is 328 g/mol. The van der Waals surface area contributed by atoms with E-state index in [1.54, 1.807) is 26.0 Å². The van der Waals surface area contributed by atoms with Gasteiger partial charge in [0.15, 0.2) is 5.96 Å². The molecule has 0 aliphatic rings. The number of nitrogens with zero attached hydrogens (tertiary/aromatic N) is 4. The molecule has 128 valence electrons. The Balaban J connectivity index is 1.81. The maximum Gasteiger partial charge on any atom is 0.223 e. The van der Waals surface area contributed by atoms with E-state index in [9.17, 15) is 4.79 Å². The standard InChI is InChI=1S/C17H24N6O/c1-18-17(19-11-9-16(24)22(2)3)20-13-14-10-12-23(21-14)15-7-5-4-6-8-15/h4-8,10,12H,9,11,13H2,1-3H3,(H2,18,19,20). The molecule has 1 aromatic carbocycles. The molecular formula is C17H24N6O. The van der Waals surface area contributed by atoms with Gasteiger partial charge < -0.3 is 15.5 Å². The molecule has 24 heavy (non-hydrogen) atoms. The minimum Gasteiger partial charge on any atom is -0.356 e. The summed E-state index contributed by atoms with van der Waals surface area (Å²) < 4.78 is 1.84. The van der Waals surface area contributed by atoms with Crippen molar-refractivity contribution in [2.45, 2.75) is 13.0 Å². The third-order valence-corrected chi connectivity index (χ3v) is 3.46. The molecule has 0 saturated carbocycles. The first-order valence-corrected chi connectivity index (χ1v) is 7.85. The molecule has 2 aromatic rings. The Morgan fingerprint density at radius 3 is 2.62 bits per heavy atom. The zero-order valence-corrected chi connectivity index (χ0v) is 14.4. The lowest BCUT2D eigenvalue weighted by Crippen LogP contribution is -2.38. The quantitative estimate of drug-likeness (QED) is 0.613. The van der Waals surface area contributed by atoms with Gasteiger partial charge in [-0.2, -0.15) is 5.10 Å². The van der Waals surface area contributed by atoms with Crippen LogP contribution >= 0.6 is 0 Å². The lowest BCUT2D eigenvalue weighted by Gasteiger charge is -2.13. The predicted molar refractivity (Wildman–Crippen MR) is 95.1 cm³/mol. The maximum absolute atomic E-state index is 11.5. The van der Waals surface area contributed by atoms with Crippen LogP contribution in [-0.2, 0) is 11.3 Å². The van der Waals surface area contributed by atoms with Crippen molar-refractivity contribution in [3.8, 4) is 5.69 Å². The number of guanidine groups is 1. The van der Waals surface area contributed by atoms with Gasteiger partial charge in [0.05, 0.1) is 17.9 Å². The van der Waals surface area contributed by atoms with Gasteiger partial charge in [0.1, 0.15) is 0 Å². The fraction of sp³-hybridized carbons (Fsp3) is 0.353. The minimum absolute atomic E-state index is 0.0829. The highest BCUT2D eigenvalue weighted by Gasteiger charge is 2.05. The van der Waals surface area contributed by atoms with Crippen LogP contribution in [0.5, 0.6) is 0 Å². The Morgan fingerprint density at radius 2 is 1.96 bits per heavy atom. The van der Waals surface area contributed by atoms with E-state index in [0.29, 0.717) is 25.5 Å². The zero-order valence-electron chi connectivity index (χ0n) is 14.4. The summed E-state index contributed by atoms with van der Waals surface area (Å²) in [5.41, 5.74) is 1.93. The molecule has 2 rings (SSSR count). The van der Waals surface area contributed by atoms with Crippen molar-refractivity contribution in [2.75, 3.05) is 27.7 Å². The summed E-state index contributed by atoms with van der Waals surface area (Å²) in [5.74, 6) is 0.732. The van der Waals surface area contributed by atoms with Crippen molar-refractivity contribution in [2.24, 2.45) is 4.99 Å². The number of rotatable bonds is 6. The molecule has 0 saturated heterocycles. The first-order chi connectivity index (χ1) is 11.6. The van der Waals surface area contributed by atoms with E-state index in [1.807, 2.05) is 47.3 Å². The van der Waals surface area contributed by atoms with Crippen LogP contribution in [0.4, 0.5) is 0 Å². The van der Waals surface area contributed by atoms with Gasteiger partial charge in [0.25, 0.3) is 0 Å². The van der Waals surface area contributed by atoms with Crippen LogP contribution in [0.3, 0.4) is 0 Å². The summed E-state index contributed by atoms with van der Waals surface area (Å²) in [6, 6.07) is 11.9. The molecule has 7 heteroatoms. The topological polar surface area (TPSA) is 74.6 Å². The molecule has 0 radical (unpaired) electrons. The number of para-hydroxylation sites is 1. The van der Waals surface area contributed by atoms with Gasteiger partial charge >= 0.3 is 0 Å². The molecule has 1 amide bonds. The first-order valence-electron chi connectivity index (χ1n) is 7.85. The van der Waals surface area contributed by atoms with E-state index in [0.717, 1.165) is 11.4 Å². The van der Waals surface area contributed by atoms with Gasteiger partial charge in [-0.15, -0.1) is 0 Å². The molecule has 0 fully saturated rings. The van der Waals surface area contributed by atoms with Crippen LogP contribution in [0.1, 0.15) is 12.1 Å². The van der Waals surface area contributed by atoms with Crippen LogP contribution in [-0.4, -0.2) is 54.2 Å². The number of aliphatic imine (C=N–C) groups is 1. The number of amides is 1. The number of hydrogen-bond donors (Lipinski definition) is 2. The second-order valence-corrected chi connectivity index (χ2v) is 5.48. The van der Waals surface area contributed by atoms with Gasteiger partial charge in [-0.3, -0.25) is 9.79 Å². The van der Waals surface area contributed by atoms with E-state index >= 15 is 0 Å². The van der Waals surface area contributed by atoms with Gasteiger partial charge in [0.2, 0.25) is 5.91 Å². The molecule has 7 nitrogen and oxygen atoms in total. The van der Waals surface area contributed by atoms with Crippen molar-refractivity contribution in [1.82, 2.24) is 25.3 Å². The molecule has 0 spiro atoms. The molecule has 0 aliphatic carbocycles. The summed E-state index contributed by atoms with van der Waals surface area (Å²) in [5, 5.41) is 10.8. The number of hydrogen-bond acceptors (Lipinski definition) is 3. The van der Waals surface area contributed by atoms with Gasteiger partial charge in [-0.05, 0) is 18.2 Å². The summed E-state index contributed by atoms with van der Waals surface area (Å²) in [6.45, 7) is 1.09. The van der Waals surface area contributed by atoms with Gasteiger partial charge in [0, 0.05) is 40.3 Å². The summed E-state index contributed by atoms with van der Waals surface area (Å²) in [7, 11) is 5.20. The summed E-state index contributed by atoms with van der Waals surface area (Å²) in [4.78, 5) is 17.3. The first kappa shape index (κ1) is 17.5. The lowest BCUT2D eigenvalue weighted by atomic mass is 10.3. The normalized spacial score (nSPS) is 11.2.